The second kappa shape index (κ2) is 6.06. The van der Waals surface area contributed by atoms with E-state index in [1.165, 1.54) is 18.4 Å². The number of fused-ring (bicyclic) bond motifs is 2. The number of carbonyl (C=O) groups excluding carboxylic acids is 1. The highest BCUT2D eigenvalue weighted by Gasteiger charge is 2.47. The predicted molar refractivity (Wildman–Crippen MR) is 81.7 cm³/mol. The zero-order chi connectivity index (χ0) is 14.8. The van der Waals surface area contributed by atoms with Crippen molar-refractivity contribution in [1.29, 1.82) is 0 Å². The van der Waals surface area contributed by atoms with E-state index in [0.29, 0.717) is 18.4 Å². The fourth-order valence-electron chi connectivity index (χ4n) is 4.08. The van der Waals surface area contributed by atoms with E-state index in [2.05, 4.69) is 10.6 Å². The first-order chi connectivity index (χ1) is 10.2. The van der Waals surface area contributed by atoms with Gasteiger partial charge in [0.2, 0.25) is 0 Å². The van der Waals surface area contributed by atoms with Crippen molar-refractivity contribution in [2.75, 3.05) is 6.61 Å². The van der Waals surface area contributed by atoms with E-state index in [1.807, 2.05) is 31.2 Å². The van der Waals surface area contributed by atoms with E-state index < -0.39 is 0 Å². The van der Waals surface area contributed by atoms with Crippen LogP contribution in [0.4, 0.5) is 4.79 Å². The van der Waals surface area contributed by atoms with Crippen molar-refractivity contribution in [3.8, 4) is 0 Å². The molecule has 4 unspecified atom stereocenters. The highest BCUT2D eigenvalue weighted by atomic mass is 16.3. The number of benzene rings is 1. The van der Waals surface area contributed by atoms with Crippen LogP contribution in [0.3, 0.4) is 0 Å². The Labute approximate surface area is 125 Å². The Kier molecular flexibility index (Phi) is 4.15. The van der Waals surface area contributed by atoms with Gasteiger partial charge in [-0.15, -0.1) is 0 Å². The van der Waals surface area contributed by atoms with Crippen molar-refractivity contribution in [3.05, 3.63) is 35.4 Å². The van der Waals surface area contributed by atoms with Gasteiger partial charge in [-0.3, -0.25) is 0 Å². The molecule has 0 heterocycles. The molecule has 3 N–H and O–H groups in total. The van der Waals surface area contributed by atoms with Crippen LogP contribution in [-0.2, 0) is 6.54 Å². The first kappa shape index (κ1) is 14.4. The lowest BCUT2D eigenvalue weighted by molar-refractivity contribution is 0.144. The Morgan fingerprint density at radius 3 is 2.81 bits per heavy atom. The van der Waals surface area contributed by atoms with Crippen molar-refractivity contribution < 1.29 is 9.90 Å². The molecule has 2 amide bonds. The predicted octanol–water partition coefficient (Wildman–Crippen LogP) is 2.20. The number of urea groups is 1. The Hall–Kier alpha value is -1.55. The highest BCUT2D eigenvalue weighted by Crippen LogP contribution is 2.48. The average Bonchev–Trinajstić information content (AvgIpc) is 3.07. The quantitative estimate of drug-likeness (QED) is 0.795. The highest BCUT2D eigenvalue weighted by molar-refractivity contribution is 5.74. The van der Waals surface area contributed by atoms with Crippen LogP contribution in [0.5, 0.6) is 0 Å². The summed E-state index contributed by atoms with van der Waals surface area (Å²) in [6, 6.07) is 8.09. The molecule has 21 heavy (non-hydrogen) atoms. The molecule has 0 saturated heterocycles. The number of carbonyl (C=O) groups is 1. The fourth-order valence-corrected chi connectivity index (χ4v) is 4.08. The summed E-state index contributed by atoms with van der Waals surface area (Å²) in [5.41, 5.74) is 2.32. The molecule has 0 aromatic heterocycles. The van der Waals surface area contributed by atoms with Gasteiger partial charge in [-0.1, -0.05) is 24.3 Å². The summed E-state index contributed by atoms with van der Waals surface area (Å²) < 4.78 is 0. The number of amides is 2. The van der Waals surface area contributed by atoms with Crippen molar-refractivity contribution in [1.82, 2.24) is 10.6 Å². The standard InChI is InChI=1S/C17H24N2O2/c1-11-4-2-3-5-14(11)9-18-17(21)19-16-13-7-6-12(8-13)15(16)10-20/h2-5,12-13,15-16,20H,6-10H2,1H3,(H2,18,19,21). The zero-order valence-corrected chi connectivity index (χ0v) is 12.5. The number of rotatable bonds is 4. The van der Waals surface area contributed by atoms with E-state index in [9.17, 15) is 9.90 Å². The lowest BCUT2D eigenvalue weighted by Gasteiger charge is -2.30. The summed E-state index contributed by atoms with van der Waals surface area (Å²) in [7, 11) is 0. The maximum atomic E-state index is 12.1. The number of aliphatic hydroxyl groups is 1. The van der Waals surface area contributed by atoms with Crippen LogP contribution in [0, 0.1) is 24.7 Å². The third-order valence-corrected chi connectivity index (χ3v) is 5.30. The summed E-state index contributed by atoms with van der Waals surface area (Å²) in [5, 5.41) is 15.6. The molecule has 3 rings (SSSR count). The number of hydrogen-bond donors (Lipinski definition) is 3. The number of hydrogen-bond acceptors (Lipinski definition) is 2. The van der Waals surface area contributed by atoms with Crippen molar-refractivity contribution >= 4 is 6.03 Å². The van der Waals surface area contributed by atoms with Gasteiger partial charge < -0.3 is 15.7 Å². The molecule has 4 heteroatoms. The lowest BCUT2D eigenvalue weighted by atomic mass is 9.85. The second-order valence-electron chi connectivity index (χ2n) is 6.46. The summed E-state index contributed by atoms with van der Waals surface area (Å²) in [6.45, 7) is 2.78. The summed E-state index contributed by atoms with van der Waals surface area (Å²) in [6.07, 6.45) is 3.55. The van der Waals surface area contributed by atoms with Crippen LogP contribution in [0.2, 0.25) is 0 Å². The molecule has 1 aromatic carbocycles. The third kappa shape index (κ3) is 2.91. The van der Waals surface area contributed by atoms with E-state index in [4.69, 9.17) is 0 Å². The smallest absolute Gasteiger partial charge is 0.315 e. The first-order valence-electron chi connectivity index (χ1n) is 7.88. The molecule has 2 aliphatic carbocycles. The van der Waals surface area contributed by atoms with Crippen LogP contribution in [0.1, 0.15) is 30.4 Å². The molecule has 1 aromatic rings. The molecular weight excluding hydrogens is 264 g/mol. The maximum Gasteiger partial charge on any atom is 0.315 e. The second-order valence-corrected chi connectivity index (χ2v) is 6.46. The molecule has 0 radical (unpaired) electrons. The summed E-state index contributed by atoms with van der Waals surface area (Å²) in [5.74, 6) is 1.39. The lowest BCUT2D eigenvalue weighted by Crippen LogP contribution is -2.48. The van der Waals surface area contributed by atoms with Crippen LogP contribution in [-0.4, -0.2) is 23.8 Å². The SMILES string of the molecule is Cc1ccccc1CNC(=O)NC1C2CCC(C2)C1CO. The van der Waals surface area contributed by atoms with Crippen LogP contribution < -0.4 is 10.6 Å². The van der Waals surface area contributed by atoms with Gasteiger partial charge >= 0.3 is 6.03 Å². The Bertz CT molecular complexity index is 517. The van der Waals surface area contributed by atoms with E-state index in [0.717, 1.165) is 12.0 Å². The van der Waals surface area contributed by atoms with E-state index in [1.54, 1.807) is 0 Å². The third-order valence-electron chi connectivity index (χ3n) is 5.30. The Balaban J connectivity index is 1.54. The van der Waals surface area contributed by atoms with Gasteiger partial charge in [0, 0.05) is 25.1 Å². The van der Waals surface area contributed by atoms with Gasteiger partial charge in [0.1, 0.15) is 0 Å². The Morgan fingerprint density at radius 2 is 2.05 bits per heavy atom. The minimum absolute atomic E-state index is 0.116. The average molecular weight is 288 g/mol. The van der Waals surface area contributed by atoms with Crippen LogP contribution >= 0.6 is 0 Å². The van der Waals surface area contributed by atoms with Crippen molar-refractivity contribution in [2.45, 2.75) is 38.8 Å². The van der Waals surface area contributed by atoms with E-state index >= 15 is 0 Å². The molecule has 0 spiro atoms. The normalized spacial score (nSPS) is 30.4. The molecule has 2 saturated carbocycles. The van der Waals surface area contributed by atoms with Crippen molar-refractivity contribution in [2.24, 2.45) is 17.8 Å². The molecule has 114 valence electrons. The van der Waals surface area contributed by atoms with Gasteiger partial charge in [-0.2, -0.15) is 0 Å². The molecule has 4 nitrogen and oxygen atoms in total. The summed E-state index contributed by atoms with van der Waals surface area (Å²) in [4.78, 5) is 12.1. The van der Waals surface area contributed by atoms with Gasteiger partial charge in [-0.25, -0.2) is 4.79 Å². The van der Waals surface area contributed by atoms with Gasteiger partial charge in [0.15, 0.2) is 0 Å². The summed E-state index contributed by atoms with van der Waals surface area (Å²) >= 11 is 0. The molecule has 2 aliphatic rings. The number of nitrogens with one attached hydrogen (secondary N) is 2. The monoisotopic (exact) mass is 288 g/mol. The molecule has 2 fully saturated rings. The molecule has 4 atom stereocenters. The first-order valence-corrected chi connectivity index (χ1v) is 7.88. The van der Waals surface area contributed by atoms with Gasteiger partial charge in [0.05, 0.1) is 0 Å². The minimum Gasteiger partial charge on any atom is -0.396 e. The fraction of sp³-hybridized carbons (Fsp3) is 0.588. The number of aliphatic hydroxyl groups excluding tert-OH is 1. The number of aryl methyl sites for hydroxylation is 1. The largest absolute Gasteiger partial charge is 0.396 e. The van der Waals surface area contributed by atoms with E-state index in [-0.39, 0.29) is 24.6 Å². The van der Waals surface area contributed by atoms with Crippen LogP contribution in [0.15, 0.2) is 24.3 Å². The van der Waals surface area contributed by atoms with Gasteiger partial charge in [-0.05, 0) is 49.1 Å². The minimum atomic E-state index is -0.116. The van der Waals surface area contributed by atoms with Gasteiger partial charge in [0.25, 0.3) is 0 Å². The molecular formula is C17H24N2O2. The molecule has 0 aliphatic heterocycles. The Morgan fingerprint density at radius 1 is 1.29 bits per heavy atom. The van der Waals surface area contributed by atoms with Crippen molar-refractivity contribution in [3.63, 3.8) is 0 Å². The van der Waals surface area contributed by atoms with Crippen LogP contribution in [0.25, 0.3) is 0 Å². The molecule has 2 bridgehead atoms. The topological polar surface area (TPSA) is 61.4 Å². The zero-order valence-electron chi connectivity index (χ0n) is 12.5. The maximum absolute atomic E-state index is 12.1.